The molecule has 1 aliphatic carbocycles. The molecule has 116 valence electrons. The first-order valence-corrected chi connectivity index (χ1v) is 8.32. The Morgan fingerprint density at radius 2 is 2.18 bits per heavy atom. The Morgan fingerprint density at radius 3 is 2.82 bits per heavy atom. The van der Waals surface area contributed by atoms with Gasteiger partial charge in [0, 0.05) is 4.90 Å². The predicted octanol–water partition coefficient (Wildman–Crippen LogP) is 3.83. The molecule has 0 unspecified atom stereocenters. The van der Waals surface area contributed by atoms with Gasteiger partial charge in [-0.1, -0.05) is 18.6 Å². The zero-order valence-corrected chi connectivity index (χ0v) is 13.0. The van der Waals surface area contributed by atoms with Gasteiger partial charge in [0.1, 0.15) is 5.76 Å². The number of carbonyl (C=O) groups excluding carboxylic acids is 1. The molecule has 1 aromatic carbocycles. The molecule has 0 aliphatic heterocycles. The fourth-order valence-electron chi connectivity index (χ4n) is 2.55. The van der Waals surface area contributed by atoms with E-state index < -0.39 is 6.03 Å². The third kappa shape index (κ3) is 3.28. The predicted molar refractivity (Wildman–Crippen MR) is 87.6 cm³/mol. The monoisotopic (exact) mass is 317 g/mol. The molecule has 22 heavy (non-hydrogen) atoms. The molecule has 4 N–H and O–H groups in total. The average molecular weight is 317 g/mol. The number of nitrogens with one attached hydrogen (secondary N) is 2. The molecule has 0 saturated heterocycles. The maximum absolute atomic E-state index is 11.6. The number of carbonyl (C=O) groups is 1. The molecule has 3 rings (SSSR count). The number of hydrogen-bond acceptors (Lipinski definition) is 4. The summed E-state index contributed by atoms with van der Waals surface area (Å²) >= 11 is 1.68. The van der Waals surface area contributed by atoms with E-state index >= 15 is 0 Å². The smallest absolute Gasteiger partial charge is 0.333 e. The van der Waals surface area contributed by atoms with Crippen LogP contribution in [0.25, 0.3) is 0 Å². The molecule has 5 nitrogen and oxygen atoms in total. The van der Waals surface area contributed by atoms with E-state index in [1.165, 1.54) is 24.8 Å². The van der Waals surface area contributed by atoms with Crippen molar-refractivity contribution < 1.29 is 9.21 Å². The molecule has 1 fully saturated rings. The number of furan rings is 1. The highest BCUT2D eigenvalue weighted by molar-refractivity contribution is 7.98. The van der Waals surface area contributed by atoms with Crippen LogP contribution in [0.2, 0.25) is 0 Å². The normalized spacial score (nSPS) is 14.4. The Hall–Kier alpha value is -1.92. The third-order valence-corrected chi connectivity index (χ3v) is 5.08. The van der Waals surface area contributed by atoms with Gasteiger partial charge in [-0.2, -0.15) is 0 Å². The summed E-state index contributed by atoms with van der Waals surface area (Å²) in [5.74, 6) is 7.41. The average Bonchev–Trinajstić information content (AvgIpc) is 2.98. The van der Waals surface area contributed by atoms with Gasteiger partial charge in [-0.15, -0.1) is 11.8 Å². The zero-order valence-electron chi connectivity index (χ0n) is 12.2. The van der Waals surface area contributed by atoms with Crippen LogP contribution >= 0.6 is 11.8 Å². The first kappa shape index (κ1) is 15.0. The standard InChI is InChI=1S/C16H19N3O2S/c17-19-16(20)18-14-8-2-7-13(11-4-1-5-11)15(14)22-10-12-6-3-9-21-12/h2-3,6-9,11H,1,4-5,10,17H2,(H2,18,19,20). The lowest BCUT2D eigenvalue weighted by atomic mass is 9.80. The highest BCUT2D eigenvalue weighted by Crippen LogP contribution is 2.44. The zero-order chi connectivity index (χ0) is 15.4. The number of hydrogen-bond donors (Lipinski definition) is 3. The number of benzene rings is 1. The van der Waals surface area contributed by atoms with E-state index in [1.807, 2.05) is 24.3 Å². The Kier molecular flexibility index (Phi) is 4.70. The second kappa shape index (κ2) is 6.89. The molecule has 6 heteroatoms. The number of rotatable bonds is 5. The summed E-state index contributed by atoms with van der Waals surface area (Å²) in [6.07, 6.45) is 5.37. The van der Waals surface area contributed by atoms with Gasteiger partial charge in [-0.25, -0.2) is 10.6 Å². The van der Waals surface area contributed by atoms with Crippen molar-refractivity contribution in [3.8, 4) is 0 Å². The lowest BCUT2D eigenvalue weighted by Gasteiger charge is -2.28. The summed E-state index contributed by atoms with van der Waals surface area (Å²) < 4.78 is 5.40. The molecular weight excluding hydrogens is 298 g/mol. The molecule has 1 aliphatic rings. The number of amides is 2. The summed E-state index contributed by atoms with van der Waals surface area (Å²) in [5, 5.41) is 2.81. The third-order valence-electron chi connectivity index (χ3n) is 3.91. The number of hydrazine groups is 1. The van der Waals surface area contributed by atoms with Crippen molar-refractivity contribution in [1.82, 2.24) is 5.43 Å². The summed E-state index contributed by atoms with van der Waals surface area (Å²) in [4.78, 5) is 12.7. The van der Waals surface area contributed by atoms with Crippen LogP contribution in [-0.2, 0) is 5.75 Å². The highest BCUT2D eigenvalue weighted by atomic mass is 32.2. The van der Waals surface area contributed by atoms with Gasteiger partial charge >= 0.3 is 6.03 Å². The van der Waals surface area contributed by atoms with Crippen molar-refractivity contribution >= 4 is 23.5 Å². The van der Waals surface area contributed by atoms with E-state index in [0.717, 1.165) is 22.1 Å². The Labute approximate surface area is 133 Å². The van der Waals surface area contributed by atoms with Crippen LogP contribution in [0.3, 0.4) is 0 Å². The molecule has 0 spiro atoms. The molecule has 2 amide bonds. The van der Waals surface area contributed by atoms with Crippen molar-refractivity contribution in [2.75, 3.05) is 5.32 Å². The van der Waals surface area contributed by atoms with Crippen LogP contribution in [0.15, 0.2) is 45.9 Å². The van der Waals surface area contributed by atoms with E-state index in [9.17, 15) is 4.79 Å². The fraction of sp³-hybridized carbons (Fsp3) is 0.312. The van der Waals surface area contributed by atoms with Gasteiger partial charge in [-0.05, 0) is 42.5 Å². The molecule has 0 radical (unpaired) electrons. The van der Waals surface area contributed by atoms with Crippen molar-refractivity contribution in [2.45, 2.75) is 35.8 Å². The summed E-state index contributed by atoms with van der Waals surface area (Å²) in [6, 6.07) is 9.47. The first-order valence-electron chi connectivity index (χ1n) is 7.33. The van der Waals surface area contributed by atoms with E-state index in [0.29, 0.717) is 5.92 Å². The van der Waals surface area contributed by atoms with Crippen LogP contribution in [0, 0.1) is 0 Å². The van der Waals surface area contributed by atoms with Crippen LogP contribution in [0.5, 0.6) is 0 Å². The van der Waals surface area contributed by atoms with E-state index in [-0.39, 0.29) is 0 Å². The molecule has 1 heterocycles. The summed E-state index contributed by atoms with van der Waals surface area (Å²) in [5.41, 5.74) is 4.21. The van der Waals surface area contributed by atoms with Gasteiger partial charge < -0.3 is 9.73 Å². The quantitative estimate of drug-likeness (QED) is 0.339. The highest BCUT2D eigenvalue weighted by Gasteiger charge is 2.24. The SMILES string of the molecule is NNC(=O)Nc1cccc(C2CCC2)c1SCc1ccco1. The maximum atomic E-state index is 11.6. The number of anilines is 1. The van der Waals surface area contributed by atoms with Crippen LogP contribution < -0.4 is 16.6 Å². The van der Waals surface area contributed by atoms with Gasteiger partial charge in [-0.3, -0.25) is 5.43 Å². The molecular formula is C16H19N3O2S. The van der Waals surface area contributed by atoms with Gasteiger partial charge in [0.15, 0.2) is 0 Å². The minimum absolute atomic E-state index is 0.411. The second-order valence-electron chi connectivity index (χ2n) is 5.32. The summed E-state index contributed by atoms with van der Waals surface area (Å²) in [6.45, 7) is 0. The van der Waals surface area contributed by atoms with E-state index in [2.05, 4.69) is 16.8 Å². The first-order chi connectivity index (χ1) is 10.8. The van der Waals surface area contributed by atoms with Crippen molar-refractivity contribution in [3.63, 3.8) is 0 Å². The van der Waals surface area contributed by atoms with Gasteiger partial charge in [0.25, 0.3) is 0 Å². The minimum atomic E-state index is -0.411. The second-order valence-corrected chi connectivity index (χ2v) is 6.30. The van der Waals surface area contributed by atoms with Crippen LogP contribution in [0.1, 0.15) is 36.5 Å². The summed E-state index contributed by atoms with van der Waals surface area (Å²) in [7, 11) is 0. The minimum Gasteiger partial charge on any atom is -0.468 e. The molecule has 2 aromatic rings. The van der Waals surface area contributed by atoms with E-state index in [4.69, 9.17) is 10.3 Å². The van der Waals surface area contributed by atoms with Crippen LogP contribution in [0.4, 0.5) is 10.5 Å². The van der Waals surface area contributed by atoms with Gasteiger partial charge in [0.2, 0.25) is 0 Å². The molecule has 1 saturated carbocycles. The van der Waals surface area contributed by atoms with Gasteiger partial charge in [0.05, 0.1) is 17.7 Å². The van der Waals surface area contributed by atoms with Crippen molar-refractivity contribution in [1.29, 1.82) is 0 Å². The Morgan fingerprint density at radius 1 is 1.32 bits per heavy atom. The number of thioether (sulfide) groups is 1. The van der Waals surface area contributed by atoms with Crippen LogP contribution in [-0.4, -0.2) is 6.03 Å². The fourth-order valence-corrected chi connectivity index (χ4v) is 3.68. The molecule has 1 aromatic heterocycles. The number of urea groups is 1. The Balaban J connectivity index is 1.85. The van der Waals surface area contributed by atoms with Crippen molar-refractivity contribution in [2.24, 2.45) is 5.84 Å². The van der Waals surface area contributed by atoms with Crippen molar-refractivity contribution in [3.05, 3.63) is 47.9 Å². The molecule has 0 atom stereocenters. The lowest BCUT2D eigenvalue weighted by molar-refractivity contribution is 0.252. The number of nitrogens with two attached hydrogens (primary N) is 1. The van der Waals surface area contributed by atoms with E-state index in [1.54, 1.807) is 18.0 Å². The Bertz CT molecular complexity index is 639. The topological polar surface area (TPSA) is 80.3 Å². The maximum Gasteiger partial charge on any atom is 0.333 e. The lowest BCUT2D eigenvalue weighted by Crippen LogP contribution is -2.34. The molecule has 0 bridgehead atoms. The largest absolute Gasteiger partial charge is 0.468 e.